The first kappa shape index (κ1) is 12.1. The Hall–Kier alpha value is -2.37. The number of nitrogens with one attached hydrogen (secondary N) is 1. The lowest BCUT2D eigenvalue weighted by molar-refractivity contribution is 0.0524. The minimum absolute atomic E-state index is 0.0994. The third-order valence-corrected chi connectivity index (χ3v) is 2.61. The van der Waals surface area contributed by atoms with Gasteiger partial charge in [-0.25, -0.2) is 4.79 Å². The molecule has 0 amide bonds. The standard InChI is InChI=1S/C12H12N2O4/c1-3-18-12(17)8-6-13-9-7(10(8)15)4-5-14(2)11(9)16/h4-6H,3H2,1-2H3,(H,13,15). The van der Waals surface area contributed by atoms with Crippen molar-refractivity contribution in [3.63, 3.8) is 0 Å². The summed E-state index contributed by atoms with van der Waals surface area (Å²) in [6.07, 6.45) is 2.69. The lowest BCUT2D eigenvalue weighted by atomic mass is 10.2. The lowest BCUT2D eigenvalue weighted by Crippen LogP contribution is -2.23. The number of nitrogens with zero attached hydrogens (tertiary/aromatic N) is 1. The molecule has 18 heavy (non-hydrogen) atoms. The van der Waals surface area contributed by atoms with Crippen molar-refractivity contribution in [2.24, 2.45) is 7.05 Å². The van der Waals surface area contributed by atoms with E-state index < -0.39 is 11.4 Å². The molecule has 0 aliphatic heterocycles. The van der Waals surface area contributed by atoms with Crippen molar-refractivity contribution in [3.05, 3.63) is 44.6 Å². The molecule has 2 aromatic heterocycles. The largest absolute Gasteiger partial charge is 0.462 e. The highest BCUT2D eigenvalue weighted by Gasteiger charge is 2.15. The van der Waals surface area contributed by atoms with Gasteiger partial charge in [0.05, 0.1) is 12.0 Å². The minimum Gasteiger partial charge on any atom is -0.462 e. The molecule has 0 radical (unpaired) electrons. The van der Waals surface area contributed by atoms with E-state index in [-0.39, 0.29) is 28.6 Å². The van der Waals surface area contributed by atoms with Crippen LogP contribution in [0, 0.1) is 0 Å². The fraction of sp³-hybridized carbons (Fsp3) is 0.250. The SMILES string of the molecule is CCOC(=O)c1c[nH]c2c(=O)n(C)ccc2c1=O. The highest BCUT2D eigenvalue weighted by Crippen LogP contribution is 2.03. The molecule has 0 spiro atoms. The smallest absolute Gasteiger partial charge is 0.343 e. The van der Waals surface area contributed by atoms with Gasteiger partial charge >= 0.3 is 5.97 Å². The number of aryl methyl sites for hydroxylation is 1. The predicted molar refractivity (Wildman–Crippen MR) is 65.8 cm³/mol. The number of rotatable bonds is 2. The number of pyridine rings is 2. The van der Waals surface area contributed by atoms with Crippen molar-refractivity contribution in [1.82, 2.24) is 9.55 Å². The van der Waals surface area contributed by atoms with Crippen LogP contribution in [0.4, 0.5) is 0 Å². The van der Waals surface area contributed by atoms with Crippen LogP contribution in [0.15, 0.2) is 28.0 Å². The molecule has 0 saturated carbocycles. The number of hydrogen-bond donors (Lipinski definition) is 1. The van der Waals surface area contributed by atoms with Gasteiger partial charge in [0.15, 0.2) is 0 Å². The predicted octanol–water partition coefficient (Wildman–Crippen LogP) is 0.403. The third-order valence-electron chi connectivity index (χ3n) is 2.61. The van der Waals surface area contributed by atoms with Gasteiger partial charge in [-0.2, -0.15) is 0 Å². The zero-order valence-corrected chi connectivity index (χ0v) is 10.0. The molecule has 6 nitrogen and oxygen atoms in total. The molecular formula is C12H12N2O4. The Morgan fingerprint density at radius 2 is 2.17 bits per heavy atom. The molecule has 6 heteroatoms. The number of carbonyl (C=O) groups is 1. The number of ether oxygens (including phenoxy) is 1. The van der Waals surface area contributed by atoms with Gasteiger partial charge in [0.2, 0.25) is 5.43 Å². The fourth-order valence-corrected chi connectivity index (χ4v) is 1.67. The first-order valence-electron chi connectivity index (χ1n) is 5.44. The van der Waals surface area contributed by atoms with Crippen molar-refractivity contribution in [1.29, 1.82) is 0 Å². The monoisotopic (exact) mass is 248 g/mol. The van der Waals surface area contributed by atoms with Crippen LogP contribution in [-0.2, 0) is 11.8 Å². The van der Waals surface area contributed by atoms with Crippen LogP contribution in [0.25, 0.3) is 10.9 Å². The Labute approximate surface area is 102 Å². The van der Waals surface area contributed by atoms with Gasteiger partial charge < -0.3 is 14.3 Å². The second-order valence-electron chi connectivity index (χ2n) is 3.77. The van der Waals surface area contributed by atoms with Crippen molar-refractivity contribution < 1.29 is 9.53 Å². The van der Waals surface area contributed by atoms with Crippen LogP contribution < -0.4 is 11.0 Å². The molecule has 2 heterocycles. The normalized spacial score (nSPS) is 10.6. The van der Waals surface area contributed by atoms with E-state index in [2.05, 4.69) is 4.98 Å². The topological polar surface area (TPSA) is 81.2 Å². The summed E-state index contributed by atoms with van der Waals surface area (Å²) >= 11 is 0. The summed E-state index contributed by atoms with van der Waals surface area (Å²) in [5.74, 6) is -0.693. The van der Waals surface area contributed by atoms with E-state index >= 15 is 0 Å². The zero-order valence-electron chi connectivity index (χ0n) is 10.0. The molecule has 94 valence electrons. The van der Waals surface area contributed by atoms with Gasteiger partial charge in [-0.1, -0.05) is 0 Å². The van der Waals surface area contributed by atoms with E-state index in [0.717, 1.165) is 0 Å². The van der Waals surface area contributed by atoms with E-state index in [0.29, 0.717) is 0 Å². The van der Waals surface area contributed by atoms with Crippen LogP contribution >= 0.6 is 0 Å². The minimum atomic E-state index is -0.693. The molecule has 1 N–H and O–H groups in total. The maximum absolute atomic E-state index is 12.0. The summed E-state index contributed by atoms with van der Waals surface area (Å²) < 4.78 is 6.12. The highest BCUT2D eigenvalue weighted by atomic mass is 16.5. The summed E-state index contributed by atoms with van der Waals surface area (Å²) in [7, 11) is 1.58. The van der Waals surface area contributed by atoms with Gasteiger partial charge in [0.1, 0.15) is 11.1 Å². The maximum Gasteiger partial charge on any atom is 0.343 e. The number of esters is 1. The van der Waals surface area contributed by atoms with Crippen molar-refractivity contribution in [2.75, 3.05) is 6.61 Å². The van der Waals surface area contributed by atoms with Crippen molar-refractivity contribution in [2.45, 2.75) is 6.92 Å². The van der Waals surface area contributed by atoms with Crippen LogP contribution in [0.2, 0.25) is 0 Å². The Balaban J connectivity index is 2.74. The number of aromatic nitrogens is 2. The number of fused-ring (bicyclic) bond motifs is 1. The Morgan fingerprint density at radius 1 is 1.44 bits per heavy atom. The van der Waals surface area contributed by atoms with Crippen molar-refractivity contribution >= 4 is 16.9 Å². The van der Waals surface area contributed by atoms with Gasteiger partial charge in [0, 0.05) is 19.4 Å². The van der Waals surface area contributed by atoms with Gasteiger partial charge in [0.25, 0.3) is 5.56 Å². The lowest BCUT2D eigenvalue weighted by Gasteiger charge is -2.04. The molecule has 0 aliphatic rings. The van der Waals surface area contributed by atoms with Crippen LogP contribution in [0.3, 0.4) is 0 Å². The highest BCUT2D eigenvalue weighted by molar-refractivity contribution is 5.93. The molecule has 0 unspecified atom stereocenters. The number of carbonyl (C=O) groups excluding carboxylic acids is 1. The van der Waals surface area contributed by atoms with E-state index in [1.54, 1.807) is 14.0 Å². The van der Waals surface area contributed by atoms with E-state index in [4.69, 9.17) is 4.74 Å². The fourth-order valence-electron chi connectivity index (χ4n) is 1.67. The Morgan fingerprint density at radius 3 is 2.83 bits per heavy atom. The summed E-state index contributed by atoms with van der Waals surface area (Å²) in [5, 5.41) is 0.184. The maximum atomic E-state index is 12.0. The molecule has 0 aromatic carbocycles. The van der Waals surface area contributed by atoms with Crippen LogP contribution in [0.5, 0.6) is 0 Å². The molecule has 0 atom stereocenters. The van der Waals surface area contributed by atoms with Gasteiger partial charge in [-0.15, -0.1) is 0 Å². The number of hydrogen-bond acceptors (Lipinski definition) is 4. The van der Waals surface area contributed by atoms with Gasteiger partial charge in [-0.3, -0.25) is 9.59 Å². The van der Waals surface area contributed by atoms with Crippen LogP contribution in [-0.4, -0.2) is 22.1 Å². The first-order chi connectivity index (χ1) is 8.56. The second kappa shape index (κ2) is 4.48. The Kier molecular flexibility index (Phi) is 3.01. The number of H-pyrrole nitrogens is 1. The molecule has 0 aliphatic carbocycles. The van der Waals surface area contributed by atoms with E-state index in [1.807, 2.05) is 0 Å². The molecule has 0 fully saturated rings. The average molecular weight is 248 g/mol. The second-order valence-corrected chi connectivity index (χ2v) is 3.77. The molecule has 2 aromatic rings. The zero-order chi connectivity index (χ0) is 13.3. The van der Waals surface area contributed by atoms with Crippen LogP contribution in [0.1, 0.15) is 17.3 Å². The Bertz CT molecular complexity index is 727. The van der Waals surface area contributed by atoms with Crippen molar-refractivity contribution in [3.8, 4) is 0 Å². The summed E-state index contributed by atoms with van der Waals surface area (Å²) in [6, 6.07) is 1.50. The number of aromatic amines is 1. The quantitative estimate of drug-likeness (QED) is 0.780. The average Bonchev–Trinajstić information content (AvgIpc) is 2.34. The molecule has 0 saturated heterocycles. The summed E-state index contributed by atoms with van der Waals surface area (Å²) in [4.78, 5) is 38.0. The first-order valence-corrected chi connectivity index (χ1v) is 5.44. The molecule has 2 rings (SSSR count). The van der Waals surface area contributed by atoms with E-state index in [9.17, 15) is 14.4 Å². The summed E-state index contributed by atoms with van der Waals surface area (Å²) in [5.41, 5.74) is -0.740. The summed E-state index contributed by atoms with van der Waals surface area (Å²) in [6.45, 7) is 1.84. The van der Waals surface area contributed by atoms with Gasteiger partial charge in [-0.05, 0) is 13.0 Å². The molecule has 0 bridgehead atoms. The third kappa shape index (κ3) is 1.81. The molecular weight excluding hydrogens is 236 g/mol. The van der Waals surface area contributed by atoms with E-state index in [1.165, 1.54) is 23.0 Å².